The van der Waals surface area contributed by atoms with E-state index < -0.39 is 12.1 Å². The summed E-state index contributed by atoms with van der Waals surface area (Å²) in [5.41, 5.74) is 1.45. The van der Waals surface area contributed by atoms with Crippen LogP contribution in [0.1, 0.15) is 29.8 Å². The summed E-state index contributed by atoms with van der Waals surface area (Å²) in [6.45, 7) is 4.76. The average Bonchev–Trinajstić information content (AvgIpc) is 2.37. The molecule has 0 N–H and O–H groups in total. The molecule has 0 aromatic heterocycles. The molecule has 1 amide bonds. The number of hydrogen-bond donors (Lipinski definition) is 0. The van der Waals surface area contributed by atoms with Crippen molar-refractivity contribution >= 4 is 11.9 Å². The molecule has 1 aromatic rings. The zero-order chi connectivity index (χ0) is 14.0. The Morgan fingerprint density at radius 3 is 2.79 bits per heavy atom. The maximum absolute atomic E-state index is 12.2. The van der Waals surface area contributed by atoms with Crippen molar-refractivity contribution in [3.8, 4) is 0 Å². The fourth-order valence-corrected chi connectivity index (χ4v) is 2.35. The molecule has 0 bridgehead atoms. The van der Waals surface area contributed by atoms with E-state index in [2.05, 4.69) is 0 Å². The Hall–Kier alpha value is -1.84. The number of cyclic esters (lactones) is 1. The number of nitrogens with zero attached hydrogens (tertiary/aromatic N) is 1. The van der Waals surface area contributed by atoms with Gasteiger partial charge in [-0.2, -0.15) is 0 Å². The molecule has 0 saturated heterocycles. The van der Waals surface area contributed by atoms with Gasteiger partial charge in [0.25, 0.3) is 5.91 Å². The summed E-state index contributed by atoms with van der Waals surface area (Å²) in [6.07, 6.45) is -0.227. The second-order valence-electron chi connectivity index (χ2n) is 5.37. The monoisotopic (exact) mass is 261 g/mol. The van der Waals surface area contributed by atoms with Crippen LogP contribution in [0, 0.1) is 5.92 Å². The van der Waals surface area contributed by atoms with Crippen molar-refractivity contribution in [2.45, 2.75) is 26.4 Å². The number of rotatable bonds is 3. The van der Waals surface area contributed by atoms with Crippen LogP contribution < -0.4 is 0 Å². The van der Waals surface area contributed by atoms with Crippen LogP contribution in [0.2, 0.25) is 0 Å². The normalized spacial score (nSPS) is 17.9. The van der Waals surface area contributed by atoms with Gasteiger partial charge in [0.1, 0.15) is 0 Å². The Morgan fingerprint density at radius 1 is 1.42 bits per heavy atom. The van der Waals surface area contributed by atoms with E-state index in [1.807, 2.05) is 26.0 Å². The molecular formula is C15H19NO3. The minimum Gasteiger partial charge on any atom is -0.448 e. The molecule has 1 unspecified atom stereocenters. The van der Waals surface area contributed by atoms with Crippen molar-refractivity contribution in [2.75, 3.05) is 13.6 Å². The summed E-state index contributed by atoms with van der Waals surface area (Å²) in [5.74, 6) is -0.143. The van der Waals surface area contributed by atoms with Crippen molar-refractivity contribution in [2.24, 2.45) is 5.92 Å². The van der Waals surface area contributed by atoms with Crippen LogP contribution in [0.15, 0.2) is 24.3 Å². The topological polar surface area (TPSA) is 46.6 Å². The van der Waals surface area contributed by atoms with Gasteiger partial charge in [0.2, 0.25) is 0 Å². The van der Waals surface area contributed by atoms with Gasteiger partial charge >= 0.3 is 5.97 Å². The number of fused-ring (bicyclic) bond motifs is 1. The number of esters is 1. The van der Waals surface area contributed by atoms with Gasteiger partial charge in [0, 0.05) is 20.0 Å². The molecule has 1 atom stereocenters. The Kier molecular flexibility index (Phi) is 3.88. The van der Waals surface area contributed by atoms with Crippen LogP contribution in [0.5, 0.6) is 0 Å². The summed E-state index contributed by atoms with van der Waals surface area (Å²) >= 11 is 0. The predicted octanol–water partition coefficient (Wildman–Crippen LogP) is 1.88. The molecule has 0 spiro atoms. The fourth-order valence-electron chi connectivity index (χ4n) is 2.35. The third-order valence-corrected chi connectivity index (χ3v) is 3.18. The quantitative estimate of drug-likeness (QED) is 0.780. The minimum absolute atomic E-state index is 0.128. The Bertz CT molecular complexity index is 496. The van der Waals surface area contributed by atoms with Gasteiger partial charge in [-0.15, -0.1) is 0 Å². The van der Waals surface area contributed by atoms with Gasteiger partial charge in [0.15, 0.2) is 6.10 Å². The molecule has 4 nitrogen and oxygen atoms in total. The van der Waals surface area contributed by atoms with Gasteiger partial charge in [0.05, 0.1) is 5.56 Å². The second-order valence-corrected chi connectivity index (χ2v) is 5.37. The first-order chi connectivity index (χ1) is 8.99. The highest BCUT2D eigenvalue weighted by atomic mass is 16.5. The van der Waals surface area contributed by atoms with Crippen LogP contribution >= 0.6 is 0 Å². The number of benzene rings is 1. The van der Waals surface area contributed by atoms with E-state index in [0.717, 1.165) is 5.56 Å². The van der Waals surface area contributed by atoms with Crippen LogP contribution in [0.25, 0.3) is 0 Å². The Balaban J connectivity index is 2.13. The number of likely N-dealkylation sites (N-methyl/N-ethyl adjacent to an activating group) is 1. The highest BCUT2D eigenvalue weighted by Gasteiger charge is 2.32. The zero-order valence-electron chi connectivity index (χ0n) is 11.6. The first-order valence-corrected chi connectivity index (χ1v) is 6.53. The summed E-state index contributed by atoms with van der Waals surface area (Å²) in [4.78, 5) is 25.7. The lowest BCUT2D eigenvalue weighted by molar-refractivity contribution is -0.140. The summed E-state index contributed by atoms with van der Waals surface area (Å²) < 4.78 is 5.25. The number of amides is 1. The first-order valence-electron chi connectivity index (χ1n) is 6.53. The zero-order valence-corrected chi connectivity index (χ0v) is 11.6. The lowest BCUT2D eigenvalue weighted by Crippen LogP contribution is -2.43. The van der Waals surface area contributed by atoms with Crippen LogP contribution in [-0.4, -0.2) is 36.5 Å². The average molecular weight is 261 g/mol. The van der Waals surface area contributed by atoms with Crippen molar-refractivity contribution in [3.05, 3.63) is 35.4 Å². The molecule has 4 heteroatoms. The molecule has 1 aliphatic heterocycles. The molecule has 19 heavy (non-hydrogen) atoms. The van der Waals surface area contributed by atoms with Crippen LogP contribution in [0.4, 0.5) is 0 Å². The molecule has 0 fully saturated rings. The van der Waals surface area contributed by atoms with Crippen molar-refractivity contribution in [1.29, 1.82) is 0 Å². The maximum Gasteiger partial charge on any atom is 0.339 e. The van der Waals surface area contributed by atoms with E-state index in [1.165, 1.54) is 0 Å². The lowest BCUT2D eigenvalue weighted by Gasteiger charge is -2.28. The van der Waals surface area contributed by atoms with E-state index in [-0.39, 0.29) is 5.91 Å². The minimum atomic E-state index is -0.689. The fraction of sp³-hybridized carbons (Fsp3) is 0.467. The highest BCUT2D eigenvalue weighted by molar-refractivity contribution is 5.95. The number of ether oxygens (including phenoxy) is 1. The van der Waals surface area contributed by atoms with Gasteiger partial charge in [-0.25, -0.2) is 4.79 Å². The molecule has 1 heterocycles. The molecule has 102 valence electrons. The number of carbonyl (C=O) groups excluding carboxylic acids is 2. The lowest BCUT2D eigenvalue weighted by atomic mass is 9.98. The number of carbonyl (C=O) groups is 2. The highest BCUT2D eigenvalue weighted by Crippen LogP contribution is 2.21. The third-order valence-electron chi connectivity index (χ3n) is 3.18. The van der Waals surface area contributed by atoms with E-state index in [1.54, 1.807) is 24.1 Å². The Morgan fingerprint density at radius 2 is 2.11 bits per heavy atom. The first kappa shape index (κ1) is 13.6. The molecule has 2 rings (SSSR count). The summed E-state index contributed by atoms with van der Waals surface area (Å²) in [6, 6.07) is 7.28. The van der Waals surface area contributed by atoms with Crippen LogP contribution in [0.3, 0.4) is 0 Å². The van der Waals surface area contributed by atoms with E-state index in [4.69, 9.17) is 4.74 Å². The van der Waals surface area contributed by atoms with Gasteiger partial charge in [-0.05, 0) is 17.5 Å². The molecular weight excluding hydrogens is 242 g/mol. The van der Waals surface area contributed by atoms with E-state index >= 15 is 0 Å². The largest absolute Gasteiger partial charge is 0.448 e. The number of hydrogen-bond acceptors (Lipinski definition) is 3. The molecule has 1 aliphatic rings. The summed E-state index contributed by atoms with van der Waals surface area (Å²) in [7, 11) is 1.75. The Labute approximate surface area is 113 Å². The molecule has 0 radical (unpaired) electrons. The van der Waals surface area contributed by atoms with Crippen LogP contribution in [-0.2, 0) is 16.0 Å². The maximum atomic E-state index is 12.2. The van der Waals surface area contributed by atoms with Crippen molar-refractivity contribution in [1.82, 2.24) is 4.90 Å². The predicted molar refractivity (Wildman–Crippen MR) is 71.8 cm³/mol. The summed E-state index contributed by atoms with van der Waals surface area (Å²) in [5, 5.41) is 0. The molecule has 0 aliphatic carbocycles. The van der Waals surface area contributed by atoms with E-state index in [0.29, 0.717) is 24.4 Å². The van der Waals surface area contributed by atoms with E-state index in [9.17, 15) is 9.59 Å². The standard InChI is InChI=1S/C15H19NO3/c1-10(2)9-16(3)14(17)13-8-11-6-4-5-7-12(11)15(18)19-13/h4-7,10,13H,8-9H2,1-3H3. The molecule has 1 aromatic carbocycles. The third kappa shape index (κ3) is 2.95. The van der Waals surface area contributed by atoms with Crippen molar-refractivity contribution in [3.63, 3.8) is 0 Å². The van der Waals surface area contributed by atoms with Gasteiger partial charge in [-0.1, -0.05) is 32.0 Å². The second kappa shape index (κ2) is 5.43. The molecule has 0 saturated carbocycles. The van der Waals surface area contributed by atoms with Crippen molar-refractivity contribution < 1.29 is 14.3 Å². The smallest absolute Gasteiger partial charge is 0.339 e. The van der Waals surface area contributed by atoms with Gasteiger partial charge in [-0.3, -0.25) is 4.79 Å². The SMILES string of the molecule is CC(C)CN(C)C(=O)C1Cc2ccccc2C(=O)O1. The van der Waals surface area contributed by atoms with Gasteiger partial charge < -0.3 is 9.64 Å².